The van der Waals surface area contributed by atoms with Crippen LogP contribution in [0.4, 0.5) is 8.78 Å². The molecule has 0 aromatic heterocycles. The first-order valence-electron chi connectivity index (χ1n) is 7.42. The van der Waals surface area contributed by atoms with Gasteiger partial charge in [0.25, 0.3) is 0 Å². The lowest BCUT2D eigenvalue weighted by Gasteiger charge is -2.28. The summed E-state index contributed by atoms with van der Waals surface area (Å²) in [5, 5.41) is 0. The highest BCUT2D eigenvalue weighted by Gasteiger charge is 2.39. The molecular formula is C15H24F2O3Si. The zero-order valence-electron chi connectivity index (χ0n) is 13.0. The summed E-state index contributed by atoms with van der Waals surface area (Å²) in [7, 11) is -2.64. The quantitative estimate of drug-likeness (QED) is 0.612. The third-order valence-corrected chi connectivity index (χ3v) is 6.18. The average molecular weight is 318 g/mol. The monoisotopic (exact) mass is 318 g/mol. The highest BCUT2D eigenvalue weighted by Crippen LogP contribution is 2.20. The van der Waals surface area contributed by atoms with Gasteiger partial charge in [-0.2, -0.15) is 0 Å². The molecule has 0 saturated carbocycles. The van der Waals surface area contributed by atoms with E-state index in [1.54, 1.807) is 6.07 Å². The van der Waals surface area contributed by atoms with E-state index in [1.165, 1.54) is 6.07 Å². The molecule has 21 heavy (non-hydrogen) atoms. The van der Waals surface area contributed by atoms with Crippen LogP contribution < -0.4 is 0 Å². The molecule has 0 N–H and O–H groups in total. The third-order valence-electron chi connectivity index (χ3n) is 3.03. The van der Waals surface area contributed by atoms with E-state index in [4.69, 9.17) is 13.3 Å². The van der Waals surface area contributed by atoms with E-state index in [1.807, 2.05) is 20.8 Å². The summed E-state index contributed by atoms with van der Waals surface area (Å²) in [5.74, 6) is -1.63. The van der Waals surface area contributed by atoms with Gasteiger partial charge in [-0.15, -0.1) is 0 Å². The Balaban J connectivity index is 2.61. The van der Waals surface area contributed by atoms with Crippen LogP contribution in [-0.4, -0.2) is 28.6 Å². The highest BCUT2D eigenvalue weighted by molar-refractivity contribution is 6.60. The van der Waals surface area contributed by atoms with Crippen molar-refractivity contribution < 1.29 is 22.1 Å². The van der Waals surface area contributed by atoms with Crippen molar-refractivity contribution in [3.8, 4) is 0 Å². The Morgan fingerprint density at radius 3 is 1.95 bits per heavy atom. The van der Waals surface area contributed by atoms with Gasteiger partial charge in [0.05, 0.1) is 0 Å². The Kier molecular flexibility index (Phi) is 8.03. The van der Waals surface area contributed by atoms with Crippen molar-refractivity contribution in [3.63, 3.8) is 0 Å². The van der Waals surface area contributed by atoms with Crippen molar-refractivity contribution in [2.24, 2.45) is 0 Å². The summed E-state index contributed by atoms with van der Waals surface area (Å²) in [6.07, 6.45) is 1.39. The molecule has 0 amide bonds. The van der Waals surface area contributed by atoms with Gasteiger partial charge in [-0.3, -0.25) is 0 Å². The van der Waals surface area contributed by atoms with Crippen LogP contribution in [0, 0.1) is 11.6 Å². The van der Waals surface area contributed by atoms with Gasteiger partial charge in [-0.1, -0.05) is 6.07 Å². The van der Waals surface area contributed by atoms with E-state index >= 15 is 0 Å². The number of halogens is 2. The van der Waals surface area contributed by atoms with E-state index in [-0.39, 0.29) is 0 Å². The number of hydrogen-bond donors (Lipinski definition) is 0. The lowest BCUT2D eigenvalue weighted by atomic mass is 10.1. The predicted molar refractivity (Wildman–Crippen MR) is 80.1 cm³/mol. The van der Waals surface area contributed by atoms with Crippen molar-refractivity contribution in [1.82, 2.24) is 0 Å². The van der Waals surface area contributed by atoms with E-state index in [0.29, 0.717) is 32.3 Å². The molecular weight excluding hydrogens is 294 g/mol. The molecule has 6 heteroatoms. The summed E-state index contributed by atoms with van der Waals surface area (Å²) >= 11 is 0. The predicted octanol–water partition coefficient (Wildman–Crippen LogP) is 3.95. The maximum Gasteiger partial charge on any atom is 0.500 e. The standard InChI is InChI=1S/C15H24F2O3Si/c1-4-18-21(19-5-2,20-6-3)11-7-8-13-9-10-14(16)15(17)12-13/h9-10,12H,4-8,11H2,1-3H3. The van der Waals surface area contributed by atoms with Crippen molar-refractivity contribution >= 4 is 8.80 Å². The lowest BCUT2D eigenvalue weighted by Crippen LogP contribution is -2.46. The zero-order chi connectivity index (χ0) is 15.7. The van der Waals surface area contributed by atoms with Crippen LogP contribution in [0.5, 0.6) is 0 Å². The fourth-order valence-corrected chi connectivity index (χ4v) is 4.82. The minimum absolute atomic E-state index is 0.539. The topological polar surface area (TPSA) is 27.7 Å². The van der Waals surface area contributed by atoms with E-state index in [9.17, 15) is 8.78 Å². The summed E-state index contributed by atoms with van der Waals surface area (Å²) in [4.78, 5) is 0. The van der Waals surface area contributed by atoms with Gasteiger partial charge < -0.3 is 13.3 Å². The smallest absolute Gasteiger partial charge is 0.374 e. The number of rotatable bonds is 10. The van der Waals surface area contributed by atoms with Crippen LogP contribution in [0.1, 0.15) is 32.8 Å². The molecule has 0 aliphatic heterocycles. The summed E-state index contributed by atoms with van der Waals surface area (Å²) < 4.78 is 43.3. The molecule has 0 heterocycles. The minimum atomic E-state index is -2.64. The fraction of sp³-hybridized carbons (Fsp3) is 0.600. The molecule has 0 unspecified atom stereocenters. The maximum absolute atomic E-state index is 13.2. The Labute approximate surface area is 126 Å². The van der Waals surface area contributed by atoms with E-state index in [0.717, 1.165) is 18.1 Å². The van der Waals surface area contributed by atoms with Crippen LogP contribution >= 0.6 is 0 Å². The van der Waals surface area contributed by atoms with Gasteiger partial charge in [-0.05, 0) is 51.3 Å². The fourth-order valence-electron chi connectivity index (χ4n) is 2.21. The van der Waals surface area contributed by atoms with Crippen LogP contribution in [0.25, 0.3) is 0 Å². The normalized spacial score (nSPS) is 11.9. The molecule has 0 spiro atoms. The molecule has 3 nitrogen and oxygen atoms in total. The van der Waals surface area contributed by atoms with Gasteiger partial charge >= 0.3 is 8.80 Å². The second kappa shape index (κ2) is 9.25. The molecule has 1 aromatic carbocycles. The molecule has 0 aliphatic rings. The SMILES string of the molecule is CCO[Si](CCCc1ccc(F)c(F)c1)(OCC)OCC. The first-order valence-corrected chi connectivity index (χ1v) is 9.35. The van der Waals surface area contributed by atoms with Crippen LogP contribution in [-0.2, 0) is 19.7 Å². The molecule has 0 aliphatic carbocycles. The van der Waals surface area contributed by atoms with E-state index < -0.39 is 20.4 Å². The zero-order valence-corrected chi connectivity index (χ0v) is 14.0. The molecule has 120 valence electrons. The number of benzene rings is 1. The van der Waals surface area contributed by atoms with Crippen molar-refractivity contribution in [2.75, 3.05) is 19.8 Å². The van der Waals surface area contributed by atoms with Gasteiger partial charge in [0.15, 0.2) is 11.6 Å². The summed E-state index contributed by atoms with van der Waals surface area (Å²) in [6, 6.07) is 4.66. The van der Waals surface area contributed by atoms with Crippen LogP contribution in [0.15, 0.2) is 18.2 Å². The Morgan fingerprint density at radius 1 is 0.905 bits per heavy atom. The van der Waals surface area contributed by atoms with Gasteiger partial charge in [0.2, 0.25) is 0 Å². The molecule has 1 aromatic rings. The molecule has 0 atom stereocenters. The van der Waals surface area contributed by atoms with Crippen molar-refractivity contribution in [3.05, 3.63) is 35.4 Å². The number of aryl methyl sites for hydroxylation is 1. The lowest BCUT2D eigenvalue weighted by molar-refractivity contribution is 0.0708. The van der Waals surface area contributed by atoms with Crippen LogP contribution in [0.3, 0.4) is 0 Å². The molecule has 1 rings (SSSR count). The van der Waals surface area contributed by atoms with Crippen LogP contribution in [0.2, 0.25) is 6.04 Å². The third kappa shape index (κ3) is 5.82. The maximum atomic E-state index is 13.2. The molecule has 0 fully saturated rings. The van der Waals surface area contributed by atoms with Gasteiger partial charge in [0.1, 0.15) is 0 Å². The summed E-state index contributed by atoms with van der Waals surface area (Å²) in [5.41, 5.74) is 0.765. The first kappa shape index (κ1) is 18.2. The molecule has 0 bridgehead atoms. The molecule has 0 saturated heterocycles. The van der Waals surface area contributed by atoms with E-state index in [2.05, 4.69) is 0 Å². The highest BCUT2D eigenvalue weighted by atomic mass is 28.4. The number of hydrogen-bond acceptors (Lipinski definition) is 3. The van der Waals surface area contributed by atoms with Crippen molar-refractivity contribution in [1.29, 1.82) is 0 Å². The first-order chi connectivity index (χ1) is 10.1. The molecule has 0 radical (unpaired) electrons. The Morgan fingerprint density at radius 2 is 1.48 bits per heavy atom. The Bertz CT molecular complexity index is 412. The second-order valence-electron chi connectivity index (χ2n) is 4.58. The minimum Gasteiger partial charge on any atom is -0.374 e. The largest absolute Gasteiger partial charge is 0.500 e. The van der Waals surface area contributed by atoms with Gasteiger partial charge in [-0.25, -0.2) is 8.78 Å². The average Bonchev–Trinajstić information content (AvgIpc) is 2.44. The van der Waals surface area contributed by atoms with Gasteiger partial charge in [0, 0.05) is 25.9 Å². The second-order valence-corrected chi connectivity index (χ2v) is 7.32. The Hall–Kier alpha value is -0.823. The van der Waals surface area contributed by atoms with Crippen molar-refractivity contribution in [2.45, 2.75) is 39.7 Å². The summed E-state index contributed by atoms with van der Waals surface area (Å²) in [6.45, 7) is 7.35.